The summed E-state index contributed by atoms with van der Waals surface area (Å²) in [5, 5.41) is 6.74. The minimum absolute atomic E-state index is 0.0215. The molecule has 5 rings (SSSR count). The van der Waals surface area contributed by atoms with Crippen LogP contribution in [0.4, 0.5) is 5.82 Å². The highest BCUT2D eigenvalue weighted by atomic mass is 32.1. The van der Waals surface area contributed by atoms with Crippen LogP contribution in [0.25, 0.3) is 16.2 Å². The topological polar surface area (TPSA) is 66.6 Å². The third-order valence-electron chi connectivity index (χ3n) is 5.40. The highest BCUT2D eigenvalue weighted by molar-refractivity contribution is 7.13. The van der Waals surface area contributed by atoms with Crippen molar-refractivity contribution in [1.82, 2.24) is 24.5 Å². The van der Waals surface area contributed by atoms with Gasteiger partial charge in [0.1, 0.15) is 17.2 Å². The predicted octanol–water partition coefficient (Wildman–Crippen LogP) is 3.38. The summed E-state index contributed by atoms with van der Waals surface area (Å²) in [6, 6.07) is 13.8. The Kier molecular flexibility index (Phi) is 4.92. The molecule has 4 aromatic rings. The maximum Gasteiger partial charge on any atom is 0.272 e. The molecule has 0 aromatic carbocycles. The molecule has 0 saturated carbocycles. The number of thiophene rings is 1. The van der Waals surface area contributed by atoms with Crippen LogP contribution in [-0.4, -0.2) is 56.6 Å². The summed E-state index contributed by atoms with van der Waals surface area (Å²) < 4.78 is 1.85. The zero-order chi connectivity index (χ0) is 20.5. The van der Waals surface area contributed by atoms with E-state index in [1.807, 2.05) is 57.3 Å². The van der Waals surface area contributed by atoms with Gasteiger partial charge in [0, 0.05) is 44.1 Å². The van der Waals surface area contributed by atoms with Crippen molar-refractivity contribution in [3.63, 3.8) is 0 Å². The number of pyridine rings is 1. The van der Waals surface area contributed by atoms with E-state index in [1.165, 1.54) is 0 Å². The summed E-state index contributed by atoms with van der Waals surface area (Å²) >= 11 is 1.65. The molecular weight excluding hydrogens is 396 g/mol. The van der Waals surface area contributed by atoms with Gasteiger partial charge in [0.2, 0.25) is 0 Å². The Labute approximate surface area is 178 Å². The lowest BCUT2D eigenvalue weighted by molar-refractivity contribution is 0.0740. The van der Waals surface area contributed by atoms with Gasteiger partial charge in [-0.3, -0.25) is 4.79 Å². The maximum absolute atomic E-state index is 13.2. The highest BCUT2D eigenvalue weighted by Crippen LogP contribution is 2.25. The number of aromatic nitrogens is 4. The Morgan fingerprint density at radius 2 is 1.97 bits per heavy atom. The smallest absolute Gasteiger partial charge is 0.272 e. The third kappa shape index (κ3) is 3.43. The first-order valence-electron chi connectivity index (χ1n) is 10.1. The third-order valence-corrected chi connectivity index (χ3v) is 6.29. The predicted molar refractivity (Wildman–Crippen MR) is 118 cm³/mol. The number of fused-ring (bicyclic) bond motifs is 1. The molecule has 0 N–H and O–H groups in total. The van der Waals surface area contributed by atoms with Crippen LogP contribution in [0.2, 0.25) is 0 Å². The average Bonchev–Trinajstić information content (AvgIpc) is 3.48. The van der Waals surface area contributed by atoms with Crippen LogP contribution in [0.5, 0.6) is 0 Å². The Hall–Kier alpha value is -3.26. The average molecular weight is 419 g/mol. The molecule has 0 radical (unpaired) electrons. The van der Waals surface area contributed by atoms with E-state index in [2.05, 4.69) is 21.8 Å². The van der Waals surface area contributed by atoms with Crippen molar-refractivity contribution in [3.05, 3.63) is 65.4 Å². The second-order valence-electron chi connectivity index (χ2n) is 7.23. The number of hydrogen-bond acceptors (Lipinski definition) is 6. The van der Waals surface area contributed by atoms with Gasteiger partial charge in [-0.05, 0) is 36.1 Å². The van der Waals surface area contributed by atoms with Crippen molar-refractivity contribution in [3.8, 4) is 10.6 Å². The van der Waals surface area contributed by atoms with E-state index in [-0.39, 0.29) is 5.91 Å². The van der Waals surface area contributed by atoms with E-state index in [4.69, 9.17) is 5.10 Å². The van der Waals surface area contributed by atoms with Gasteiger partial charge in [-0.15, -0.1) is 11.3 Å². The summed E-state index contributed by atoms with van der Waals surface area (Å²) in [6.45, 7) is 4.91. The molecule has 0 aliphatic carbocycles. The van der Waals surface area contributed by atoms with Crippen molar-refractivity contribution >= 4 is 28.7 Å². The Bertz CT molecular complexity index is 1160. The first-order chi connectivity index (χ1) is 14.7. The summed E-state index contributed by atoms with van der Waals surface area (Å²) in [5.74, 6) is 0.935. The molecule has 0 spiro atoms. The molecular formula is C22H22N6OS. The zero-order valence-corrected chi connectivity index (χ0v) is 17.5. The number of piperazine rings is 1. The fourth-order valence-electron chi connectivity index (χ4n) is 3.78. The first-order valence-corrected chi connectivity index (χ1v) is 11.0. The van der Waals surface area contributed by atoms with Crippen molar-refractivity contribution in [2.24, 2.45) is 0 Å². The Morgan fingerprint density at radius 1 is 1.10 bits per heavy atom. The minimum Gasteiger partial charge on any atom is -0.353 e. The number of rotatable bonds is 4. The molecule has 1 fully saturated rings. The number of amides is 1. The fourth-order valence-corrected chi connectivity index (χ4v) is 4.47. The van der Waals surface area contributed by atoms with E-state index in [1.54, 1.807) is 17.5 Å². The van der Waals surface area contributed by atoms with Crippen molar-refractivity contribution in [1.29, 1.82) is 0 Å². The van der Waals surface area contributed by atoms with Gasteiger partial charge in [-0.2, -0.15) is 5.10 Å². The molecule has 1 saturated heterocycles. The van der Waals surface area contributed by atoms with E-state index < -0.39 is 0 Å². The fraction of sp³-hybridized carbons (Fsp3) is 0.273. The minimum atomic E-state index is -0.0215. The van der Waals surface area contributed by atoms with Crippen LogP contribution in [0.1, 0.15) is 23.1 Å². The number of nitrogens with zero attached hydrogens (tertiary/aromatic N) is 6. The summed E-state index contributed by atoms with van der Waals surface area (Å²) in [7, 11) is 0. The molecule has 0 atom stereocenters. The van der Waals surface area contributed by atoms with E-state index in [9.17, 15) is 4.79 Å². The van der Waals surface area contributed by atoms with Crippen LogP contribution < -0.4 is 4.90 Å². The van der Waals surface area contributed by atoms with E-state index in [0.717, 1.165) is 41.6 Å². The number of hydrogen-bond donors (Lipinski definition) is 0. The van der Waals surface area contributed by atoms with Crippen LogP contribution in [0, 0.1) is 0 Å². The van der Waals surface area contributed by atoms with E-state index >= 15 is 0 Å². The molecule has 8 heteroatoms. The molecule has 0 unspecified atom stereocenters. The van der Waals surface area contributed by atoms with Crippen LogP contribution >= 0.6 is 11.3 Å². The number of carbonyl (C=O) groups excluding carboxylic acids is 1. The van der Waals surface area contributed by atoms with Gasteiger partial charge in [0.15, 0.2) is 5.65 Å². The first kappa shape index (κ1) is 18.7. The monoisotopic (exact) mass is 418 g/mol. The zero-order valence-electron chi connectivity index (χ0n) is 16.7. The van der Waals surface area contributed by atoms with Crippen LogP contribution in [0.15, 0.2) is 54.0 Å². The highest BCUT2D eigenvalue weighted by Gasteiger charge is 2.24. The van der Waals surface area contributed by atoms with Gasteiger partial charge in [0.05, 0.1) is 4.88 Å². The second kappa shape index (κ2) is 7.87. The van der Waals surface area contributed by atoms with Gasteiger partial charge in [-0.25, -0.2) is 14.5 Å². The molecule has 5 heterocycles. The quantitative estimate of drug-likeness (QED) is 0.508. The molecule has 152 valence electrons. The Morgan fingerprint density at radius 3 is 2.67 bits per heavy atom. The van der Waals surface area contributed by atoms with Crippen molar-refractivity contribution in [2.75, 3.05) is 31.1 Å². The summed E-state index contributed by atoms with van der Waals surface area (Å²) in [4.78, 5) is 27.5. The lowest BCUT2D eigenvalue weighted by Crippen LogP contribution is -2.49. The largest absolute Gasteiger partial charge is 0.353 e. The van der Waals surface area contributed by atoms with Crippen molar-refractivity contribution < 1.29 is 4.79 Å². The summed E-state index contributed by atoms with van der Waals surface area (Å²) in [6.07, 6.45) is 2.58. The van der Waals surface area contributed by atoms with Crippen LogP contribution in [-0.2, 0) is 6.42 Å². The molecule has 1 aliphatic heterocycles. The van der Waals surface area contributed by atoms with Crippen LogP contribution in [0.3, 0.4) is 0 Å². The van der Waals surface area contributed by atoms with Gasteiger partial charge in [-0.1, -0.05) is 19.1 Å². The van der Waals surface area contributed by atoms with E-state index in [0.29, 0.717) is 24.4 Å². The molecule has 1 amide bonds. The molecule has 4 aromatic heterocycles. The number of carbonyl (C=O) groups is 1. The normalized spacial score (nSPS) is 14.4. The van der Waals surface area contributed by atoms with Gasteiger partial charge < -0.3 is 9.80 Å². The SMILES string of the molecule is CCc1cc(C(=O)N2CCN(c3ccccn3)CC2)nc2cc(-c3cccs3)nn12. The summed E-state index contributed by atoms with van der Waals surface area (Å²) in [5.41, 5.74) is 3.08. The second-order valence-corrected chi connectivity index (χ2v) is 8.18. The Balaban J connectivity index is 1.38. The van der Waals surface area contributed by atoms with Gasteiger partial charge >= 0.3 is 0 Å². The van der Waals surface area contributed by atoms with Crippen molar-refractivity contribution in [2.45, 2.75) is 13.3 Å². The molecule has 30 heavy (non-hydrogen) atoms. The lowest BCUT2D eigenvalue weighted by atomic mass is 10.2. The standard InChI is InChI=1S/C22H22N6OS/c1-2-16-14-18(24-21-15-17(25-28(16)21)19-6-5-13-30-19)22(29)27-11-9-26(10-12-27)20-7-3-4-8-23-20/h3-8,13-15H,2,9-12H2,1H3. The molecule has 7 nitrogen and oxygen atoms in total. The molecule has 0 bridgehead atoms. The molecule has 1 aliphatic rings. The number of aryl methyl sites for hydroxylation is 1. The lowest BCUT2D eigenvalue weighted by Gasteiger charge is -2.35. The van der Waals surface area contributed by atoms with Gasteiger partial charge in [0.25, 0.3) is 5.91 Å². The number of anilines is 1. The maximum atomic E-state index is 13.2.